The van der Waals surface area contributed by atoms with E-state index in [1.165, 1.54) is 0 Å². The zero-order valence-electron chi connectivity index (χ0n) is 6.32. The SMILES string of the molecule is CO[Si](C)(C)C.N=C=O. The summed E-state index contributed by atoms with van der Waals surface area (Å²) in [6.45, 7) is 6.48. The van der Waals surface area contributed by atoms with Crippen LogP contribution >= 0.6 is 0 Å². The van der Waals surface area contributed by atoms with Crippen LogP contribution in [-0.4, -0.2) is 21.5 Å². The quantitative estimate of drug-likeness (QED) is 0.346. The lowest BCUT2D eigenvalue weighted by atomic mass is 11.7. The van der Waals surface area contributed by atoms with E-state index in [1.54, 1.807) is 7.11 Å². The average molecular weight is 147 g/mol. The van der Waals surface area contributed by atoms with Crippen molar-refractivity contribution in [3.05, 3.63) is 0 Å². The van der Waals surface area contributed by atoms with E-state index >= 15 is 0 Å². The van der Waals surface area contributed by atoms with Crippen molar-refractivity contribution >= 4 is 14.4 Å². The van der Waals surface area contributed by atoms with Crippen molar-refractivity contribution in [1.82, 2.24) is 0 Å². The first-order valence-electron chi connectivity index (χ1n) is 2.57. The summed E-state index contributed by atoms with van der Waals surface area (Å²) in [5.74, 6) is 0. The summed E-state index contributed by atoms with van der Waals surface area (Å²) in [6, 6.07) is 0. The number of isocyanates is 1. The maximum Gasteiger partial charge on any atom is 0.231 e. The maximum atomic E-state index is 8.35. The molecule has 0 aliphatic carbocycles. The fourth-order valence-electron chi connectivity index (χ4n) is 0. The summed E-state index contributed by atoms with van der Waals surface area (Å²) in [5, 5.41) is 5.40. The minimum atomic E-state index is -1.13. The molecule has 1 N–H and O–H groups in total. The van der Waals surface area contributed by atoms with Crippen LogP contribution in [0.2, 0.25) is 19.6 Å². The molecule has 0 atom stereocenters. The third-order valence-electron chi connectivity index (χ3n) is 0.612. The van der Waals surface area contributed by atoms with Crippen molar-refractivity contribution < 1.29 is 9.22 Å². The molecule has 0 saturated carbocycles. The molecule has 0 heterocycles. The average Bonchev–Trinajstić information content (AvgIpc) is 1.67. The van der Waals surface area contributed by atoms with Gasteiger partial charge >= 0.3 is 0 Å². The maximum absolute atomic E-state index is 8.35. The van der Waals surface area contributed by atoms with Gasteiger partial charge in [-0.1, -0.05) is 0 Å². The second-order valence-corrected chi connectivity index (χ2v) is 7.05. The van der Waals surface area contributed by atoms with Crippen LogP contribution in [-0.2, 0) is 9.22 Å². The Balaban J connectivity index is 0. The van der Waals surface area contributed by atoms with E-state index in [9.17, 15) is 0 Å². The smallest absolute Gasteiger partial charge is 0.231 e. The van der Waals surface area contributed by atoms with Crippen LogP contribution in [0.5, 0.6) is 0 Å². The molecule has 0 rings (SSSR count). The molecule has 0 fully saturated rings. The molecule has 0 aliphatic rings. The molecule has 0 unspecified atom stereocenters. The second-order valence-electron chi connectivity index (χ2n) is 2.42. The molecule has 4 heteroatoms. The van der Waals surface area contributed by atoms with Gasteiger partial charge in [-0.3, -0.25) is 0 Å². The summed E-state index contributed by atoms with van der Waals surface area (Å²) >= 11 is 0. The minimum Gasteiger partial charge on any atom is -0.421 e. The Bertz CT molecular complexity index is 91.6. The molecular weight excluding hydrogens is 134 g/mol. The molecule has 54 valence electrons. The first kappa shape index (κ1) is 11.4. The van der Waals surface area contributed by atoms with E-state index in [-0.39, 0.29) is 0 Å². The zero-order chi connectivity index (χ0) is 7.91. The van der Waals surface area contributed by atoms with Crippen molar-refractivity contribution in [3.63, 3.8) is 0 Å². The zero-order valence-corrected chi connectivity index (χ0v) is 7.32. The Morgan fingerprint density at radius 2 is 1.56 bits per heavy atom. The largest absolute Gasteiger partial charge is 0.421 e. The van der Waals surface area contributed by atoms with Gasteiger partial charge in [0.1, 0.15) is 0 Å². The van der Waals surface area contributed by atoms with Gasteiger partial charge in [0.05, 0.1) is 0 Å². The van der Waals surface area contributed by atoms with E-state index in [1.807, 2.05) is 0 Å². The molecular formula is C5H13NO2Si. The van der Waals surface area contributed by atoms with E-state index in [0.717, 1.165) is 6.08 Å². The van der Waals surface area contributed by atoms with Crippen LogP contribution in [0.1, 0.15) is 0 Å². The number of hydrogen-bond acceptors (Lipinski definition) is 3. The fourth-order valence-corrected chi connectivity index (χ4v) is 0. The second kappa shape index (κ2) is 5.69. The highest BCUT2D eigenvalue weighted by Gasteiger charge is 2.09. The predicted molar refractivity (Wildman–Crippen MR) is 38.8 cm³/mol. The molecule has 9 heavy (non-hydrogen) atoms. The molecule has 0 aromatic rings. The van der Waals surface area contributed by atoms with Gasteiger partial charge in [-0.05, 0) is 19.6 Å². The van der Waals surface area contributed by atoms with E-state index in [0.29, 0.717) is 0 Å². The van der Waals surface area contributed by atoms with Crippen LogP contribution in [0.25, 0.3) is 0 Å². The van der Waals surface area contributed by atoms with Crippen molar-refractivity contribution in [2.75, 3.05) is 7.11 Å². The summed E-state index contributed by atoms with van der Waals surface area (Å²) in [4.78, 5) is 8.35. The van der Waals surface area contributed by atoms with Gasteiger partial charge in [-0.25, -0.2) is 10.2 Å². The Hall–Kier alpha value is -0.443. The summed E-state index contributed by atoms with van der Waals surface area (Å²) in [5.41, 5.74) is 0. The molecule has 0 radical (unpaired) electrons. The molecule has 0 amide bonds. The van der Waals surface area contributed by atoms with Crippen LogP contribution < -0.4 is 0 Å². The highest BCUT2D eigenvalue weighted by Crippen LogP contribution is 1.97. The van der Waals surface area contributed by atoms with Gasteiger partial charge in [0.25, 0.3) is 0 Å². The van der Waals surface area contributed by atoms with Gasteiger partial charge in [-0.2, -0.15) is 0 Å². The molecule has 0 aromatic heterocycles. The fraction of sp³-hybridized carbons (Fsp3) is 0.800. The minimum absolute atomic E-state index is 0.750. The van der Waals surface area contributed by atoms with Crippen molar-refractivity contribution in [1.29, 1.82) is 5.41 Å². The van der Waals surface area contributed by atoms with Crippen LogP contribution in [0, 0.1) is 5.41 Å². The van der Waals surface area contributed by atoms with Gasteiger partial charge in [0.2, 0.25) is 6.08 Å². The van der Waals surface area contributed by atoms with Gasteiger partial charge in [0.15, 0.2) is 8.32 Å². The van der Waals surface area contributed by atoms with Crippen molar-refractivity contribution in [2.24, 2.45) is 0 Å². The number of hydrogen-bond donors (Lipinski definition) is 1. The third-order valence-corrected chi connectivity index (χ3v) is 1.84. The Morgan fingerprint density at radius 1 is 1.44 bits per heavy atom. The lowest BCUT2D eigenvalue weighted by molar-refractivity contribution is 0.411. The van der Waals surface area contributed by atoms with Crippen LogP contribution in [0.4, 0.5) is 0 Å². The number of nitrogens with one attached hydrogen (secondary N) is 1. The summed E-state index contributed by atoms with van der Waals surface area (Å²) in [6.07, 6.45) is 0.750. The van der Waals surface area contributed by atoms with Crippen molar-refractivity contribution in [2.45, 2.75) is 19.6 Å². The normalized spacial score (nSPS) is 8.89. The molecule has 0 aliphatic heterocycles. The third kappa shape index (κ3) is 35.7. The topological polar surface area (TPSA) is 50.1 Å². The predicted octanol–water partition coefficient (Wildman–Crippen LogP) is 1.37. The summed E-state index contributed by atoms with van der Waals surface area (Å²) < 4.78 is 5.08. The Labute approximate surface area is 56.7 Å². The molecule has 0 saturated heterocycles. The lowest BCUT2D eigenvalue weighted by Gasteiger charge is -2.10. The number of rotatable bonds is 1. The highest BCUT2D eigenvalue weighted by molar-refractivity contribution is 6.69. The molecule has 3 nitrogen and oxygen atoms in total. The van der Waals surface area contributed by atoms with Gasteiger partial charge < -0.3 is 4.43 Å². The molecule has 0 bridgehead atoms. The standard InChI is InChI=1S/C4H12OSi.CHNO/c1-5-6(2,3)4;2-1-3/h1-4H3;2H. The lowest BCUT2D eigenvalue weighted by Crippen LogP contribution is -2.22. The highest BCUT2D eigenvalue weighted by atomic mass is 28.4. The van der Waals surface area contributed by atoms with E-state index in [4.69, 9.17) is 14.6 Å². The van der Waals surface area contributed by atoms with E-state index in [2.05, 4.69) is 19.6 Å². The number of carbonyl (C=O) groups excluding carboxylic acids is 1. The van der Waals surface area contributed by atoms with Gasteiger partial charge in [0, 0.05) is 7.11 Å². The Morgan fingerprint density at radius 3 is 1.56 bits per heavy atom. The van der Waals surface area contributed by atoms with Crippen molar-refractivity contribution in [3.8, 4) is 0 Å². The molecule has 0 aromatic carbocycles. The Kier molecular flexibility index (Phi) is 7.18. The van der Waals surface area contributed by atoms with E-state index < -0.39 is 8.32 Å². The monoisotopic (exact) mass is 147 g/mol. The summed E-state index contributed by atoms with van der Waals surface area (Å²) in [7, 11) is 0.639. The van der Waals surface area contributed by atoms with Crippen LogP contribution in [0.15, 0.2) is 0 Å². The molecule has 0 spiro atoms. The van der Waals surface area contributed by atoms with Gasteiger partial charge in [-0.15, -0.1) is 0 Å². The first-order valence-corrected chi connectivity index (χ1v) is 5.97. The van der Waals surface area contributed by atoms with Crippen LogP contribution in [0.3, 0.4) is 0 Å². The first-order chi connectivity index (χ1) is 3.97.